The lowest BCUT2D eigenvalue weighted by atomic mass is 10.2. The third-order valence-corrected chi connectivity index (χ3v) is 4.41. The maximum absolute atomic E-state index is 13.1. The van der Waals surface area contributed by atoms with Crippen molar-refractivity contribution in [2.75, 3.05) is 12.4 Å². The smallest absolute Gasteiger partial charge is 0.330 e. The molecule has 7 heteroatoms. The summed E-state index contributed by atoms with van der Waals surface area (Å²) in [6, 6.07) is 7.95. The molecule has 0 saturated heterocycles. The van der Waals surface area contributed by atoms with Crippen molar-refractivity contribution in [1.82, 2.24) is 9.55 Å². The van der Waals surface area contributed by atoms with E-state index in [4.69, 9.17) is 4.74 Å². The second-order valence-electron chi connectivity index (χ2n) is 5.24. The summed E-state index contributed by atoms with van der Waals surface area (Å²) in [4.78, 5) is 26.2. The molecule has 0 bridgehead atoms. The van der Waals surface area contributed by atoms with Crippen molar-refractivity contribution in [3.05, 3.63) is 62.4 Å². The molecule has 1 atom stereocenters. The van der Waals surface area contributed by atoms with E-state index in [0.29, 0.717) is 11.3 Å². The number of nitrogens with zero attached hydrogens (tertiary/aromatic N) is 1. The van der Waals surface area contributed by atoms with Gasteiger partial charge < -0.3 is 4.74 Å². The summed E-state index contributed by atoms with van der Waals surface area (Å²) < 4.78 is 19.7. The lowest BCUT2D eigenvalue weighted by Crippen LogP contribution is -2.33. The molecule has 0 radical (unpaired) electrons. The molecule has 0 amide bonds. The number of halogens is 1. The quantitative estimate of drug-likeness (QED) is 0.787. The number of benzene rings is 1. The van der Waals surface area contributed by atoms with E-state index in [9.17, 15) is 14.0 Å². The molecule has 2 aromatic rings. The zero-order valence-corrected chi connectivity index (χ0v) is 13.9. The summed E-state index contributed by atoms with van der Waals surface area (Å²) in [5, 5.41) is 0. The Labute approximate surface area is 137 Å². The summed E-state index contributed by atoms with van der Waals surface area (Å²) >= 11 is 1.50. The van der Waals surface area contributed by atoms with Gasteiger partial charge in [-0.1, -0.05) is 17.7 Å². The van der Waals surface area contributed by atoms with E-state index in [1.165, 1.54) is 28.1 Å². The van der Waals surface area contributed by atoms with Crippen LogP contribution in [0.5, 0.6) is 0 Å². The largest absolute Gasteiger partial charge is 0.354 e. The summed E-state index contributed by atoms with van der Waals surface area (Å²) in [7, 11) is 0. The van der Waals surface area contributed by atoms with Crippen LogP contribution in [0.4, 0.5) is 4.39 Å². The van der Waals surface area contributed by atoms with E-state index >= 15 is 0 Å². The third-order valence-electron chi connectivity index (χ3n) is 3.27. The zero-order chi connectivity index (χ0) is 16.8. The van der Waals surface area contributed by atoms with Gasteiger partial charge in [0, 0.05) is 22.4 Å². The minimum absolute atomic E-state index is 0.0977. The van der Waals surface area contributed by atoms with Gasteiger partial charge in [-0.3, -0.25) is 14.3 Å². The Kier molecular flexibility index (Phi) is 6.18. The van der Waals surface area contributed by atoms with Gasteiger partial charge in [0.2, 0.25) is 0 Å². The van der Waals surface area contributed by atoms with E-state index in [1.807, 2.05) is 31.2 Å². The predicted molar refractivity (Wildman–Crippen MR) is 88.8 cm³/mol. The number of thioether (sulfide) groups is 1. The molecule has 23 heavy (non-hydrogen) atoms. The topological polar surface area (TPSA) is 64.1 Å². The average Bonchev–Trinajstić information content (AvgIpc) is 2.53. The normalized spacial score (nSPS) is 12.3. The Morgan fingerprint density at radius 1 is 1.26 bits per heavy atom. The third kappa shape index (κ3) is 5.07. The van der Waals surface area contributed by atoms with Crippen molar-refractivity contribution < 1.29 is 9.13 Å². The van der Waals surface area contributed by atoms with Gasteiger partial charge in [0.1, 0.15) is 13.4 Å². The second-order valence-corrected chi connectivity index (χ2v) is 6.33. The number of ether oxygens (including phenoxy) is 1. The fraction of sp³-hybridized carbons (Fsp3) is 0.375. The van der Waals surface area contributed by atoms with E-state index in [2.05, 4.69) is 4.98 Å². The van der Waals surface area contributed by atoms with E-state index < -0.39 is 24.0 Å². The number of rotatable bonds is 7. The molecule has 5 nitrogen and oxygen atoms in total. The van der Waals surface area contributed by atoms with Crippen LogP contribution in [-0.2, 0) is 11.5 Å². The lowest BCUT2D eigenvalue weighted by Gasteiger charge is -2.15. The van der Waals surface area contributed by atoms with Crippen LogP contribution in [0.15, 0.2) is 44.9 Å². The first-order valence-corrected chi connectivity index (χ1v) is 8.15. The highest BCUT2D eigenvalue weighted by Gasteiger charge is 2.11. The van der Waals surface area contributed by atoms with Gasteiger partial charge in [-0.15, -0.1) is 11.8 Å². The number of aromatic amines is 1. The first-order chi connectivity index (χ1) is 11.0. The summed E-state index contributed by atoms with van der Waals surface area (Å²) in [5.41, 5.74) is 0.576. The van der Waals surface area contributed by atoms with Gasteiger partial charge in [0.15, 0.2) is 0 Å². The molecule has 124 valence electrons. The Hall–Kier alpha value is -1.86. The molecule has 1 N–H and O–H groups in total. The molecule has 1 heterocycles. The SMILES string of the molecule is Cc1ccc(SCC(CF)OCn2cc(C)c(=O)[nH]c2=O)cc1. The first-order valence-electron chi connectivity index (χ1n) is 7.17. The Morgan fingerprint density at radius 2 is 1.96 bits per heavy atom. The number of alkyl halides is 1. The fourth-order valence-electron chi connectivity index (χ4n) is 1.86. The molecule has 0 fully saturated rings. The molecule has 0 aliphatic carbocycles. The molecular formula is C16H19FN2O3S. The Balaban J connectivity index is 1.92. The molecule has 0 aliphatic rings. The molecule has 0 spiro atoms. The van der Waals surface area contributed by atoms with Crippen molar-refractivity contribution >= 4 is 11.8 Å². The van der Waals surface area contributed by atoms with Crippen LogP contribution < -0.4 is 11.2 Å². The standard InChI is InChI=1S/C16H19FN2O3S/c1-11-3-5-14(6-4-11)23-9-13(7-17)22-10-19-8-12(2)15(20)18-16(19)21/h3-6,8,13H,7,9-10H2,1-2H3,(H,18,20,21). The molecule has 1 unspecified atom stereocenters. The first kappa shape index (κ1) is 17.5. The van der Waals surface area contributed by atoms with Gasteiger partial charge in [-0.05, 0) is 26.0 Å². The van der Waals surface area contributed by atoms with E-state index in [1.54, 1.807) is 6.92 Å². The maximum atomic E-state index is 13.1. The fourth-order valence-corrected chi connectivity index (χ4v) is 2.75. The summed E-state index contributed by atoms with van der Waals surface area (Å²) in [6.07, 6.45) is 0.782. The van der Waals surface area contributed by atoms with Gasteiger partial charge in [0.25, 0.3) is 5.56 Å². The minimum Gasteiger partial charge on any atom is -0.354 e. The number of H-pyrrole nitrogens is 1. The number of aromatic nitrogens is 2. The van der Waals surface area contributed by atoms with Crippen LogP contribution in [0.1, 0.15) is 11.1 Å². The highest BCUT2D eigenvalue weighted by Crippen LogP contribution is 2.20. The van der Waals surface area contributed by atoms with Crippen molar-refractivity contribution in [2.24, 2.45) is 0 Å². The molecule has 2 rings (SSSR count). The lowest BCUT2D eigenvalue weighted by molar-refractivity contribution is 0.00522. The zero-order valence-electron chi connectivity index (χ0n) is 13.0. The monoisotopic (exact) mass is 338 g/mol. The van der Waals surface area contributed by atoms with Crippen LogP contribution in [0.25, 0.3) is 0 Å². The Bertz CT molecular complexity index is 755. The molecule has 0 saturated carbocycles. The maximum Gasteiger partial charge on any atom is 0.330 e. The molecule has 0 aliphatic heterocycles. The van der Waals surface area contributed by atoms with Gasteiger partial charge in [-0.2, -0.15) is 0 Å². The highest BCUT2D eigenvalue weighted by molar-refractivity contribution is 7.99. The molecule has 1 aromatic carbocycles. The number of aryl methyl sites for hydroxylation is 2. The number of hydrogen-bond donors (Lipinski definition) is 1. The van der Waals surface area contributed by atoms with Gasteiger partial charge >= 0.3 is 5.69 Å². The van der Waals surface area contributed by atoms with Crippen LogP contribution >= 0.6 is 11.8 Å². The average molecular weight is 338 g/mol. The van der Waals surface area contributed by atoms with Gasteiger partial charge in [0.05, 0.1) is 6.10 Å². The summed E-state index contributed by atoms with van der Waals surface area (Å²) in [6.45, 7) is 2.86. The minimum atomic E-state index is -0.643. The van der Waals surface area contributed by atoms with E-state index in [0.717, 1.165) is 4.90 Å². The van der Waals surface area contributed by atoms with Crippen molar-refractivity contribution in [1.29, 1.82) is 0 Å². The Morgan fingerprint density at radius 3 is 2.61 bits per heavy atom. The van der Waals surface area contributed by atoms with Crippen molar-refractivity contribution in [3.63, 3.8) is 0 Å². The molecule has 1 aromatic heterocycles. The van der Waals surface area contributed by atoms with Crippen LogP contribution in [-0.4, -0.2) is 28.1 Å². The summed E-state index contributed by atoms with van der Waals surface area (Å²) in [5.74, 6) is 0.441. The predicted octanol–water partition coefficient (Wildman–Crippen LogP) is 2.26. The van der Waals surface area contributed by atoms with Crippen LogP contribution in [0.3, 0.4) is 0 Å². The van der Waals surface area contributed by atoms with Crippen LogP contribution in [0.2, 0.25) is 0 Å². The van der Waals surface area contributed by atoms with E-state index in [-0.39, 0.29) is 6.73 Å². The number of nitrogens with one attached hydrogen (secondary N) is 1. The highest BCUT2D eigenvalue weighted by atomic mass is 32.2. The van der Waals surface area contributed by atoms with Gasteiger partial charge in [-0.25, -0.2) is 9.18 Å². The van der Waals surface area contributed by atoms with Crippen LogP contribution in [0, 0.1) is 13.8 Å². The second kappa shape index (κ2) is 8.12. The van der Waals surface area contributed by atoms with Crippen molar-refractivity contribution in [2.45, 2.75) is 31.6 Å². The number of hydrogen-bond acceptors (Lipinski definition) is 4. The molecular weight excluding hydrogens is 319 g/mol. The van der Waals surface area contributed by atoms with Crippen molar-refractivity contribution in [3.8, 4) is 0 Å².